The first-order valence-electron chi connectivity index (χ1n) is 8.90. The lowest BCUT2D eigenvalue weighted by atomic mass is 9.93. The van der Waals surface area contributed by atoms with Crippen LogP contribution in [0.3, 0.4) is 0 Å². The van der Waals surface area contributed by atoms with E-state index in [9.17, 15) is 8.78 Å². The maximum absolute atomic E-state index is 13.0. The van der Waals surface area contributed by atoms with Gasteiger partial charge in [0, 0.05) is 44.4 Å². The van der Waals surface area contributed by atoms with Gasteiger partial charge in [0.05, 0.1) is 12.4 Å². The summed E-state index contributed by atoms with van der Waals surface area (Å²) in [5.41, 5.74) is 0. The number of piperidine rings is 1. The first-order valence-corrected chi connectivity index (χ1v) is 8.90. The lowest BCUT2D eigenvalue weighted by Gasteiger charge is -2.39. The first kappa shape index (κ1) is 21.6. The number of alkyl halides is 2. The van der Waals surface area contributed by atoms with Gasteiger partial charge in [-0.3, -0.25) is 4.57 Å². The Morgan fingerprint density at radius 3 is 2.85 bits per heavy atom. The molecule has 3 rings (SSSR count). The predicted octanol–water partition coefficient (Wildman–Crippen LogP) is 3.14. The summed E-state index contributed by atoms with van der Waals surface area (Å²) in [4.78, 5) is 14.9. The third-order valence-electron chi connectivity index (χ3n) is 4.79. The zero-order valence-electron chi connectivity index (χ0n) is 15.5. The number of aliphatic imine (C=N–C) groups is 1. The molecule has 0 bridgehead atoms. The summed E-state index contributed by atoms with van der Waals surface area (Å²) in [6, 6.07) is 0.304. The highest BCUT2D eigenvalue weighted by molar-refractivity contribution is 14.0. The summed E-state index contributed by atoms with van der Waals surface area (Å²) in [6.45, 7) is 4.13. The molecule has 2 atom stereocenters. The van der Waals surface area contributed by atoms with Crippen LogP contribution in [0.25, 0.3) is 0 Å². The van der Waals surface area contributed by atoms with E-state index in [0.29, 0.717) is 18.5 Å². The molecule has 2 aromatic rings. The van der Waals surface area contributed by atoms with E-state index in [4.69, 9.17) is 0 Å². The SMILES string of the molecule is CCNC(=NCc1nccn1C(F)F)N1CCC(C)C(n2ccnc2)C1.I. The number of nitrogens with zero attached hydrogens (tertiary/aromatic N) is 6. The van der Waals surface area contributed by atoms with E-state index in [1.807, 2.05) is 19.4 Å². The molecule has 0 saturated carbocycles. The van der Waals surface area contributed by atoms with Crippen LogP contribution in [0.5, 0.6) is 0 Å². The number of nitrogens with one attached hydrogen (secondary N) is 1. The Balaban J connectivity index is 0.00000261. The van der Waals surface area contributed by atoms with E-state index >= 15 is 0 Å². The van der Waals surface area contributed by atoms with E-state index in [1.165, 1.54) is 12.4 Å². The molecule has 150 valence electrons. The zero-order chi connectivity index (χ0) is 18.5. The smallest absolute Gasteiger partial charge is 0.319 e. The van der Waals surface area contributed by atoms with Gasteiger partial charge >= 0.3 is 6.55 Å². The maximum Gasteiger partial charge on any atom is 0.319 e. The van der Waals surface area contributed by atoms with Crippen molar-refractivity contribution < 1.29 is 8.78 Å². The number of rotatable bonds is 5. The standard InChI is InChI=1S/C17H25F2N7.HI/c1-3-21-17(23-10-15-22-6-9-26(15)16(18)19)24-7-4-13(2)14(11-24)25-8-5-20-12-25;/h5-6,8-9,12-14,16H,3-4,7,10-11H2,1-2H3,(H,21,23);1H. The fourth-order valence-corrected chi connectivity index (χ4v) is 3.31. The molecule has 2 aromatic heterocycles. The van der Waals surface area contributed by atoms with Gasteiger partial charge in [0.2, 0.25) is 0 Å². The molecule has 2 unspecified atom stereocenters. The molecule has 27 heavy (non-hydrogen) atoms. The van der Waals surface area contributed by atoms with Crippen LogP contribution >= 0.6 is 24.0 Å². The first-order chi connectivity index (χ1) is 12.6. The van der Waals surface area contributed by atoms with E-state index in [1.54, 1.807) is 6.20 Å². The topological polar surface area (TPSA) is 63.3 Å². The van der Waals surface area contributed by atoms with Gasteiger partial charge in [0.25, 0.3) is 0 Å². The highest BCUT2D eigenvalue weighted by atomic mass is 127. The predicted molar refractivity (Wildman–Crippen MR) is 110 cm³/mol. The van der Waals surface area contributed by atoms with Crippen LogP contribution in [0.4, 0.5) is 8.78 Å². The van der Waals surface area contributed by atoms with Gasteiger partial charge < -0.3 is 14.8 Å². The van der Waals surface area contributed by atoms with Crippen molar-refractivity contribution in [3.8, 4) is 0 Å². The monoisotopic (exact) mass is 493 g/mol. The van der Waals surface area contributed by atoms with Crippen molar-refractivity contribution in [2.75, 3.05) is 19.6 Å². The van der Waals surface area contributed by atoms with Gasteiger partial charge in [0.15, 0.2) is 5.96 Å². The summed E-state index contributed by atoms with van der Waals surface area (Å²) >= 11 is 0. The molecule has 7 nitrogen and oxygen atoms in total. The van der Waals surface area contributed by atoms with Crippen LogP contribution in [0.15, 0.2) is 36.1 Å². The third kappa shape index (κ3) is 5.17. The second kappa shape index (κ2) is 10.00. The largest absolute Gasteiger partial charge is 0.357 e. The van der Waals surface area contributed by atoms with E-state index in [2.05, 4.69) is 36.7 Å². The fraction of sp³-hybridized carbons (Fsp3) is 0.588. The lowest BCUT2D eigenvalue weighted by molar-refractivity contribution is 0.0670. The Hall–Kier alpha value is -1.72. The number of imidazole rings is 2. The molecular weight excluding hydrogens is 467 g/mol. The van der Waals surface area contributed by atoms with E-state index in [0.717, 1.165) is 30.0 Å². The zero-order valence-corrected chi connectivity index (χ0v) is 17.8. The summed E-state index contributed by atoms with van der Waals surface area (Å²) in [5, 5.41) is 3.27. The van der Waals surface area contributed by atoms with Crippen LogP contribution in [-0.4, -0.2) is 49.6 Å². The van der Waals surface area contributed by atoms with Crippen molar-refractivity contribution in [1.82, 2.24) is 29.3 Å². The number of likely N-dealkylation sites (tertiary alicyclic amines) is 1. The summed E-state index contributed by atoms with van der Waals surface area (Å²) < 4.78 is 28.9. The van der Waals surface area contributed by atoms with Gasteiger partial charge in [-0.2, -0.15) is 8.78 Å². The van der Waals surface area contributed by atoms with Crippen LogP contribution in [0.2, 0.25) is 0 Å². The third-order valence-corrected chi connectivity index (χ3v) is 4.79. The van der Waals surface area contributed by atoms with Crippen LogP contribution in [-0.2, 0) is 6.54 Å². The van der Waals surface area contributed by atoms with Crippen molar-refractivity contribution in [3.05, 3.63) is 36.9 Å². The highest BCUT2D eigenvalue weighted by Crippen LogP contribution is 2.27. The summed E-state index contributed by atoms with van der Waals surface area (Å²) in [5.74, 6) is 1.52. The van der Waals surface area contributed by atoms with Crippen LogP contribution in [0, 0.1) is 5.92 Å². The van der Waals surface area contributed by atoms with Crippen molar-refractivity contribution >= 4 is 29.9 Å². The molecule has 1 fully saturated rings. The molecule has 10 heteroatoms. The van der Waals surface area contributed by atoms with E-state index < -0.39 is 6.55 Å². The Bertz CT molecular complexity index is 717. The minimum Gasteiger partial charge on any atom is -0.357 e. The molecule has 1 N–H and O–H groups in total. The molecule has 0 spiro atoms. The minimum absolute atomic E-state index is 0. The lowest BCUT2D eigenvalue weighted by Crippen LogP contribution is -2.49. The molecule has 0 radical (unpaired) electrons. The van der Waals surface area contributed by atoms with Crippen molar-refractivity contribution in [2.24, 2.45) is 10.9 Å². The van der Waals surface area contributed by atoms with Gasteiger partial charge in [-0.15, -0.1) is 24.0 Å². The maximum atomic E-state index is 13.0. The number of hydrogen-bond acceptors (Lipinski definition) is 3. The highest BCUT2D eigenvalue weighted by Gasteiger charge is 2.29. The normalized spacial score (nSPS) is 20.6. The van der Waals surface area contributed by atoms with E-state index in [-0.39, 0.29) is 36.3 Å². The van der Waals surface area contributed by atoms with Crippen LogP contribution < -0.4 is 5.32 Å². The molecular formula is C17H26F2IN7. The molecule has 1 aliphatic heterocycles. The summed E-state index contributed by atoms with van der Waals surface area (Å²) in [6.07, 6.45) is 9.29. The Labute approximate surface area is 174 Å². The molecule has 0 amide bonds. The van der Waals surface area contributed by atoms with Gasteiger partial charge in [-0.05, 0) is 19.3 Å². The van der Waals surface area contributed by atoms with Gasteiger partial charge in [-0.1, -0.05) is 6.92 Å². The van der Waals surface area contributed by atoms with Crippen LogP contribution in [0.1, 0.15) is 38.7 Å². The quantitative estimate of drug-likeness (QED) is 0.395. The average molecular weight is 493 g/mol. The average Bonchev–Trinajstić information content (AvgIpc) is 3.30. The minimum atomic E-state index is -2.60. The number of hydrogen-bond donors (Lipinski definition) is 1. The second-order valence-corrected chi connectivity index (χ2v) is 6.49. The Kier molecular flexibility index (Phi) is 7.99. The molecule has 1 saturated heterocycles. The molecule has 0 aromatic carbocycles. The Morgan fingerprint density at radius 1 is 1.37 bits per heavy atom. The molecule has 0 aliphatic carbocycles. The van der Waals surface area contributed by atoms with Gasteiger partial charge in [-0.25, -0.2) is 15.0 Å². The second-order valence-electron chi connectivity index (χ2n) is 6.49. The molecule has 1 aliphatic rings. The summed E-state index contributed by atoms with van der Waals surface area (Å²) in [7, 11) is 0. The molecule has 3 heterocycles. The number of aromatic nitrogens is 4. The number of guanidine groups is 1. The van der Waals surface area contributed by atoms with Crippen molar-refractivity contribution in [3.63, 3.8) is 0 Å². The van der Waals surface area contributed by atoms with Gasteiger partial charge in [0.1, 0.15) is 12.4 Å². The van der Waals surface area contributed by atoms with Crippen molar-refractivity contribution in [2.45, 2.75) is 39.4 Å². The van der Waals surface area contributed by atoms with Crippen molar-refractivity contribution in [1.29, 1.82) is 0 Å². The Morgan fingerprint density at radius 2 is 2.19 bits per heavy atom. The fourth-order valence-electron chi connectivity index (χ4n) is 3.31. The number of halogens is 3.